The highest BCUT2D eigenvalue weighted by Crippen LogP contribution is 2.31. The van der Waals surface area contributed by atoms with E-state index in [0.717, 1.165) is 21.4 Å². The molecule has 0 amide bonds. The van der Waals surface area contributed by atoms with E-state index in [4.69, 9.17) is 18.9 Å². The largest absolute Gasteiger partial charge is 0.493 e. The van der Waals surface area contributed by atoms with Crippen molar-refractivity contribution < 1.29 is 18.9 Å². The third-order valence-corrected chi connectivity index (χ3v) is 5.95. The van der Waals surface area contributed by atoms with E-state index < -0.39 is 5.56 Å². The Morgan fingerprint density at radius 2 is 1.70 bits per heavy atom. The molecule has 33 heavy (non-hydrogen) atoms. The molecule has 10 heteroatoms. The molecule has 2 aromatic carbocycles. The molecule has 0 atom stereocenters. The molecule has 9 nitrogen and oxygen atoms in total. The van der Waals surface area contributed by atoms with Crippen LogP contribution >= 0.6 is 11.3 Å². The van der Waals surface area contributed by atoms with Gasteiger partial charge in [0.25, 0.3) is 11.1 Å². The van der Waals surface area contributed by atoms with Crippen molar-refractivity contribution in [3.63, 3.8) is 0 Å². The van der Waals surface area contributed by atoms with Gasteiger partial charge in [0.15, 0.2) is 23.0 Å². The fourth-order valence-electron chi connectivity index (χ4n) is 3.40. The lowest BCUT2D eigenvalue weighted by atomic mass is 10.1. The van der Waals surface area contributed by atoms with Gasteiger partial charge >= 0.3 is 0 Å². The van der Waals surface area contributed by atoms with Gasteiger partial charge in [-0.25, -0.2) is 0 Å². The lowest BCUT2D eigenvalue weighted by Crippen LogP contribution is -2.28. The van der Waals surface area contributed by atoms with Gasteiger partial charge in [0.2, 0.25) is 4.96 Å². The van der Waals surface area contributed by atoms with Crippen LogP contribution in [0.5, 0.6) is 23.0 Å². The SMILES string of the molecule is COc1ccc(Cc2nn3c(=O)c(=Cc4cccc(OC)c4OC)sc3nc2=O)cc1OC. The van der Waals surface area contributed by atoms with E-state index in [0.29, 0.717) is 33.1 Å². The van der Waals surface area contributed by atoms with Crippen LogP contribution in [-0.2, 0) is 6.42 Å². The van der Waals surface area contributed by atoms with Crippen molar-refractivity contribution in [2.24, 2.45) is 0 Å². The zero-order chi connectivity index (χ0) is 23.5. The van der Waals surface area contributed by atoms with Crippen LogP contribution in [-0.4, -0.2) is 43.0 Å². The van der Waals surface area contributed by atoms with E-state index in [1.54, 1.807) is 56.7 Å². The molecule has 0 aliphatic rings. The summed E-state index contributed by atoms with van der Waals surface area (Å²) in [6.45, 7) is 0. The minimum absolute atomic E-state index is 0.153. The Kier molecular flexibility index (Phi) is 6.27. The van der Waals surface area contributed by atoms with E-state index in [9.17, 15) is 9.59 Å². The highest BCUT2D eigenvalue weighted by molar-refractivity contribution is 7.15. The first-order valence-corrected chi connectivity index (χ1v) is 10.7. The van der Waals surface area contributed by atoms with Gasteiger partial charge in [0.1, 0.15) is 5.69 Å². The average Bonchev–Trinajstić information content (AvgIpc) is 3.12. The molecule has 0 saturated carbocycles. The van der Waals surface area contributed by atoms with Crippen LogP contribution in [0, 0.1) is 0 Å². The molecule has 170 valence electrons. The normalized spacial score (nSPS) is 11.6. The molecule has 0 radical (unpaired) electrons. The Hall–Kier alpha value is -3.92. The molecule has 4 rings (SSSR count). The summed E-state index contributed by atoms with van der Waals surface area (Å²) in [6.07, 6.45) is 1.86. The van der Waals surface area contributed by atoms with Crippen LogP contribution in [0.25, 0.3) is 11.0 Å². The molecule has 0 spiro atoms. The Labute approximate surface area is 192 Å². The van der Waals surface area contributed by atoms with Gasteiger partial charge in [-0.3, -0.25) is 9.59 Å². The summed E-state index contributed by atoms with van der Waals surface area (Å²) in [4.78, 5) is 29.9. The Morgan fingerprint density at radius 1 is 0.939 bits per heavy atom. The highest BCUT2D eigenvalue weighted by Gasteiger charge is 2.14. The molecule has 0 bridgehead atoms. The predicted molar refractivity (Wildman–Crippen MR) is 124 cm³/mol. The van der Waals surface area contributed by atoms with E-state index in [2.05, 4.69) is 10.1 Å². The summed E-state index contributed by atoms with van der Waals surface area (Å²) in [5.74, 6) is 2.16. The van der Waals surface area contributed by atoms with Gasteiger partial charge in [0, 0.05) is 12.0 Å². The predicted octanol–water partition coefficient (Wildman–Crippen LogP) is 1.68. The van der Waals surface area contributed by atoms with Crippen molar-refractivity contribution in [3.8, 4) is 23.0 Å². The number of thiazole rings is 1. The zero-order valence-electron chi connectivity index (χ0n) is 18.4. The number of hydrogen-bond donors (Lipinski definition) is 0. The minimum atomic E-state index is -0.489. The van der Waals surface area contributed by atoms with Gasteiger partial charge < -0.3 is 18.9 Å². The van der Waals surface area contributed by atoms with Crippen molar-refractivity contribution in [2.75, 3.05) is 28.4 Å². The second kappa shape index (κ2) is 9.29. The summed E-state index contributed by atoms with van der Waals surface area (Å²) < 4.78 is 22.8. The van der Waals surface area contributed by atoms with Crippen molar-refractivity contribution in [1.82, 2.24) is 14.6 Å². The Balaban J connectivity index is 1.78. The number of hydrogen-bond acceptors (Lipinski definition) is 9. The number of nitrogens with zero attached hydrogens (tertiary/aromatic N) is 3. The first-order chi connectivity index (χ1) is 16.0. The second-order valence-electron chi connectivity index (χ2n) is 6.92. The minimum Gasteiger partial charge on any atom is -0.493 e. The van der Waals surface area contributed by atoms with E-state index in [1.807, 2.05) is 0 Å². The van der Waals surface area contributed by atoms with Crippen LogP contribution < -0.4 is 34.6 Å². The molecular formula is C23H21N3O6S. The first kappa shape index (κ1) is 22.3. The van der Waals surface area contributed by atoms with Gasteiger partial charge in [-0.1, -0.05) is 29.5 Å². The molecule has 0 fully saturated rings. The second-order valence-corrected chi connectivity index (χ2v) is 7.93. The maximum absolute atomic E-state index is 13.0. The molecule has 0 aliphatic heterocycles. The number of benzene rings is 2. The van der Waals surface area contributed by atoms with Gasteiger partial charge in [-0.15, -0.1) is 0 Å². The number of rotatable bonds is 7. The first-order valence-electron chi connectivity index (χ1n) is 9.85. The smallest absolute Gasteiger partial charge is 0.296 e. The number of para-hydroxylation sites is 1. The molecular weight excluding hydrogens is 446 g/mol. The van der Waals surface area contributed by atoms with Gasteiger partial charge in [0.05, 0.1) is 33.0 Å². The average molecular weight is 468 g/mol. The maximum atomic E-state index is 13.0. The molecule has 4 aromatic rings. The summed E-state index contributed by atoms with van der Waals surface area (Å²) in [5.41, 5.74) is 0.723. The zero-order valence-corrected chi connectivity index (χ0v) is 19.3. The fraction of sp³-hybridized carbons (Fsp3) is 0.217. The topological polar surface area (TPSA) is 101 Å². The van der Waals surface area contributed by atoms with Crippen LogP contribution in [0.2, 0.25) is 0 Å². The van der Waals surface area contributed by atoms with Crippen LogP contribution in [0.15, 0.2) is 46.0 Å². The van der Waals surface area contributed by atoms with Crippen molar-refractivity contribution in [3.05, 3.63) is 78.5 Å². The number of aromatic nitrogens is 3. The van der Waals surface area contributed by atoms with Gasteiger partial charge in [-0.05, 0) is 29.8 Å². The molecule has 2 aromatic heterocycles. The van der Waals surface area contributed by atoms with Crippen molar-refractivity contribution in [1.29, 1.82) is 0 Å². The van der Waals surface area contributed by atoms with Crippen LogP contribution in [0.4, 0.5) is 0 Å². The van der Waals surface area contributed by atoms with E-state index >= 15 is 0 Å². The van der Waals surface area contributed by atoms with Crippen molar-refractivity contribution >= 4 is 22.4 Å². The number of ether oxygens (including phenoxy) is 4. The molecule has 0 N–H and O–H groups in total. The maximum Gasteiger partial charge on any atom is 0.296 e. The lowest BCUT2D eigenvalue weighted by molar-refractivity contribution is 0.354. The number of fused-ring (bicyclic) bond motifs is 1. The quantitative estimate of drug-likeness (QED) is 0.405. The van der Waals surface area contributed by atoms with Crippen LogP contribution in [0.3, 0.4) is 0 Å². The summed E-state index contributed by atoms with van der Waals surface area (Å²) in [6, 6.07) is 10.7. The highest BCUT2D eigenvalue weighted by atomic mass is 32.1. The van der Waals surface area contributed by atoms with E-state index in [1.165, 1.54) is 14.2 Å². The molecule has 2 heterocycles. The fourth-order valence-corrected chi connectivity index (χ4v) is 4.30. The number of methoxy groups -OCH3 is 4. The van der Waals surface area contributed by atoms with Crippen molar-refractivity contribution in [2.45, 2.75) is 6.42 Å². The van der Waals surface area contributed by atoms with Gasteiger partial charge in [-0.2, -0.15) is 14.6 Å². The Bertz CT molecular complexity index is 1490. The monoisotopic (exact) mass is 467 g/mol. The molecule has 0 saturated heterocycles. The lowest BCUT2D eigenvalue weighted by Gasteiger charge is -2.09. The molecule has 0 unspecified atom stereocenters. The third-order valence-electron chi connectivity index (χ3n) is 4.99. The molecule has 0 aliphatic carbocycles. The summed E-state index contributed by atoms with van der Waals surface area (Å²) in [7, 11) is 6.15. The summed E-state index contributed by atoms with van der Waals surface area (Å²) >= 11 is 1.08. The summed E-state index contributed by atoms with van der Waals surface area (Å²) in [5, 5.41) is 4.30. The third kappa shape index (κ3) is 4.24. The van der Waals surface area contributed by atoms with E-state index in [-0.39, 0.29) is 22.6 Å². The Morgan fingerprint density at radius 3 is 2.39 bits per heavy atom. The standard InChI is InChI=1S/C23H21N3O6S/c1-29-16-9-8-13(11-18(16)31-3)10-15-21(27)24-23-26(25-15)22(28)19(33-23)12-14-6-5-7-17(30-2)20(14)32-4/h5-9,11-12H,10H2,1-4H3. The van der Waals surface area contributed by atoms with Crippen LogP contribution in [0.1, 0.15) is 16.8 Å².